The number of nitrogens with one attached hydrogen (secondary N) is 1. The summed E-state index contributed by atoms with van der Waals surface area (Å²) in [7, 11) is -3.13. The van der Waals surface area contributed by atoms with Gasteiger partial charge in [0, 0.05) is 24.1 Å². The van der Waals surface area contributed by atoms with Crippen molar-refractivity contribution in [1.82, 2.24) is 14.9 Å². The topological polar surface area (TPSA) is 107 Å². The van der Waals surface area contributed by atoms with Gasteiger partial charge in [-0.3, -0.25) is 9.48 Å². The van der Waals surface area contributed by atoms with E-state index in [0.717, 1.165) is 11.1 Å². The number of aromatic nitrogens is 3. The Hall–Kier alpha value is -3.72. The van der Waals surface area contributed by atoms with Gasteiger partial charge in [-0.1, -0.05) is 65.8 Å². The van der Waals surface area contributed by atoms with Crippen LogP contribution in [0.15, 0.2) is 83.6 Å². The van der Waals surface area contributed by atoms with E-state index >= 15 is 0 Å². The molecule has 1 atom stereocenters. The summed E-state index contributed by atoms with van der Waals surface area (Å²) >= 11 is 0. The van der Waals surface area contributed by atoms with Crippen LogP contribution < -0.4 is 5.32 Å². The molecular formula is C23H22N4O4S. The molecule has 0 aliphatic heterocycles. The van der Waals surface area contributed by atoms with Gasteiger partial charge in [0.15, 0.2) is 11.5 Å². The van der Waals surface area contributed by atoms with Crippen molar-refractivity contribution in [2.45, 2.75) is 12.5 Å². The fourth-order valence-corrected chi connectivity index (χ4v) is 3.99. The van der Waals surface area contributed by atoms with Gasteiger partial charge in [-0.05, 0) is 12.0 Å². The summed E-state index contributed by atoms with van der Waals surface area (Å²) in [5.41, 5.74) is 2.37. The Kier molecular flexibility index (Phi) is 6.18. The van der Waals surface area contributed by atoms with E-state index in [1.54, 1.807) is 16.9 Å². The van der Waals surface area contributed by atoms with E-state index in [9.17, 15) is 13.2 Å². The van der Waals surface area contributed by atoms with Crippen LogP contribution in [0.2, 0.25) is 0 Å². The van der Waals surface area contributed by atoms with E-state index in [0.29, 0.717) is 17.9 Å². The molecular weight excluding hydrogens is 428 g/mol. The summed E-state index contributed by atoms with van der Waals surface area (Å²) < 4.78 is 30.4. The number of anilines is 1. The smallest absolute Gasteiger partial charge is 0.277 e. The number of hydrogen-bond donors (Lipinski definition) is 1. The Bertz CT molecular complexity index is 1300. The lowest BCUT2D eigenvalue weighted by atomic mass is 10.1. The Morgan fingerprint density at radius 1 is 1.09 bits per heavy atom. The molecule has 4 rings (SSSR count). The third-order valence-corrected chi connectivity index (χ3v) is 5.90. The molecule has 1 unspecified atom stereocenters. The van der Waals surface area contributed by atoms with Crippen molar-refractivity contribution in [2.75, 3.05) is 17.3 Å². The monoisotopic (exact) mass is 450 g/mol. The van der Waals surface area contributed by atoms with E-state index in [4.69, 9.17) is 4.52 Å². The van der Waals surface area contributed by atoms with Crippen LogP contribution in [0.1, 0.15) is 28.5 Å². The maximum absolute atomic E-state index is 12.6. The van der Waals surface area contributed by atoms with Gasteiger partial charge >= 0.3 is 0 Å². The van der Waals surface area contributed by atoms with Crippen molar-refractivity contribution in [1.29, 1.82) is 0 Å². The number of benzene rings is 2. The molecule has 0 aliphatic carbocycles. The van der Waals surface area contributed by atoms with Gasteiger partial charge < -0.3 is 9.84 Å². The molecule has 32 heavy (non-hydrogen) atoms. The van der Waals surface area contributed by atoms with E-state index in [1.807, 2.05) is 60.7 Å². The van der Waals surface area contributed by atoms with Crippen LogP contribution in [0.5, 0.6) is 0 Å². The van der Waals surface area contributed by atoms with E-state index in [-0.39, 0.29) is 17.5 Å². The quantitative estimate of drug-likeness (QED) is 0.437. The SMILES string of the molecule is CS(=O)(=O)CCC(c1ccccc1)n1cc(NC(=O)c2cc(-c3ccccc3)on2)cn1. The number of carbonyl (C=O) groups is 1. The second-order valence-corrected chi connectivity index (χ2v) is 9.71. The summed E-state index contributed by atoms with van der Waals surface area (Å²) in [4.78, 5) is 12.6. The molecule has 1 amide bonds. The maximum atomic E-state index is 12.6. The lowest BCUT2D eigenvalue weighted by Gasteiger charge is -2.17. The largest absolute Gasteiger partial charge is 0.355 e. The summed E-state index contributed by atoms with van der Waals surface area (Å²) in [5, 5.41) is 11.0. The first-order chi connectivity index (χ1) is 15.4. The van der Waals surface area contributed by atoms with Crippen LogP contribution in [0.4, 0.5) is 5.69 Å². The first-order valence-corrected chi connectivity index (χ1v) is 12.1. The predicted octanol–water partition coefficient (Wildman–Crippen LogP) is 3.81. The predicted molar refractivity (Wildman–Crippen MR) is 121 cm³/mol. The Labute approximate surface area is 185 Å². The van der Waals surface area contributed by atoms with Gasteiger partial charge in [-0.25, -0.2) is 8.42 Å². The molecule has 0 saturated heterocycles. The highest BCUT2D eigenvalue weighted by atomic mass is 32.2. The van der Waals surface area contributed by atoms with E-state index < -0.39 is 15.7 Å². The second kappa shape index (κ2) is 9.19. The van der Waals surface area contributed by atoms with Crippen LogP contribution in [0.3, 0.4) is 0 Å². The first-order valence-electron chi connectivity index (χ1n) is 9.99. The molecule has 164 valence electrons. The van der Waals surface area contributed by atoms with Crippen molar-refractivity contribution < 1.29 is 17.7 Å². The van der Waals surface area contributed by atoms with Crippen LogP contribution in [0, 0.1) is 0 Å². The number of sulfone groups is 1. The fraction of sp³-hybridized carbons (Fsp3) is 0.174. The van der Waals surface area contributed by atoms with Crippen LogP contribution in [-0.2, 0) is 9.84 Å². The molecule has 2 heterocycles. The molecule has 2 aromatic heterocycles. The average molecular weight is 451 g/mol. The molecule has 1 N–H and O–H groups in total. The molecule has 0 radical (unpaired) electrons. The third-order valence-electron chi connectivity index (χ3n) is 4.93. The van der Waals surface area contributed by atoms with Crippen LogP contribution in [-0.4, -0.2) is 41.3 Å². The van der Waals surface area contributed by atoms with Crippen LogP contribution in [0.25, 0.3) is 11.3 Å². The van der Waals surface area contributed by atoms with Gasteiger partial charge in [-0.2, -0.15) is 5.10 Å². The zero-order valence-electron chi connectivity index (χ0n) is 17.4. The minimum atomic E-state index is -3.13. The highest BCUT2D eigenvalue weighted by molar-refractivity contribution is 7.90. The second-order valence-electron chi connectivity index (χ2n) is 7.45. The molecule has 9 heteroatoms. The highest BCUT2D eigenvalue weighted by Crippen LogP contribution is 2.24. The van der Waals surface area contributed by atoms with Crippen molar-refractivity contribution >= 4 is 21.4 Å². The molecule has 4 aromatic rings. The summed E-state index contributed by atoms with van der Waals surface area (Å²) in [6.07, 6.45) is 4.77. The van der Waals surface area contributed by atoms with E-state index in [1.165, 1.54) is 12.5 Å². The number of nitrogens with zero attached hydrogens (tertiary/aromatic N) is 3. The molecule has 0 fully saturated rings. The fourth-order valence-electron chi connectivity index (χ4n) is 3.34. The third kappa shape index (κ3) is 5.30. The minimum absolute atomic E-state index is 0.0231. The highest BCUT2D eigenvalue weighted by Gasteiger charge is 2.19. The molecule has 0 bridgehead atoms. The summed E-state index contributed by atoms with van der Waals surface area (Å²) in [6.45, 7) is 0. The van der Waals surface area contributed by atoms with Crippen molar-refractivity contribution in [3.8, 4) is 11.3 Å². The van der Waals surface area contributed by atoms with E-state index in [2.05, 4.69) is 15.6 Å². The molecule has 8 nitrogen and oxygen atoms in total. The maximum Gasteiger partial charge on any atom is 0.277 e. The lowest BCUT2D eigenvalue weighted by molar-refractivity contribution is 0.101. The molecule has 2 aromatic carbocycles. The van der Waals surface area contributed by atoms with Crippen LogP contribution >= 0.6 is 0 Å². The Balaban J connectivity index is 1.50. The van der Waals surface area contributed by atoms with Gasteiger partial charge in [-0.15, -0.1) is 0 Å². The summed E-state index contributed by atoms with van der Waals surface area (Å²) in [6, 6.07) is 20.2. The normalized spacial score (nSPS) is 12.4. The number of hydrogen-bond acceptors (Lipinski definition) is 6. The van der Waals surface area contributed by atoms with Gasteiger partial charge in [0.25, 0.3) is 5.91 Å². The molecule has 0 saturated carbocycles. The zero-order valence-corrected chi connectivity index (χ0v) is 18.2. The Morgan fingerprint density at radius 3 is 2.47 bits per heavy atom. The molecule has 0 aliphatic rings. The summed E-state index contributed by atoms with van der Waals surface area (Å²) in [5.74, 6) is 0.0919. The van der Waals surface area contributed by atoms with Gasteiger partial charge in [0.1, 0.15) is 9.84 Å². The molecule has 0 spiro atoms. The van der Waals surface area contributed by atoms with Crippen molar-refractivity contribution in [3.05, 3.63) is 90.4 Å². The number of rotatable bonds is 8. The average Bonchev–Trinajstić information content (AvgIpc) is 3.45. The van der Waals surface area contributed by atoms with Gasteiger partial charge in [0.05, 0.1) is 23.7 Å². The lowest BCUT2D eigenvalue weighted by Crippen LogP contribution is -2.16. The zero-order chi connectivity index (χ0) is 22.6. The first kappa shape index (κ1) is 21.5. The Morgan fingerprint density at radius 2 is 1.78 bits per heavy atom. The number of carbonyl (C=O) groups excluding carboxylic acids is 1. The number of amides is 1. The standard InChI is InChI=1S/C23H22N4O4S/c1-32(29,30)13-12-21(17-8-4-2-5-9-17)27-16-19(15-24-27)25-23(28)20-14-22(31-26-20)18-10-6-3-7-11-18/h2-11,14-16,21H,12-13H2,1H3,(H,25,28). The van der Waals surface area contributed by atoms with Gasteiger partial charge in [0.2, 0.25) is 0 Å². The van der Waals surface area contributed by atoms with Crippen molar-refractivity contribution in [2.24, 2.45) is 0 Å². The van der Waals surface area contributed by atoms with Crippen molar-refractivity contribution in [3.63, 3.8) is 0 Å². The minimum Gasteiger partial charge on any atom is -0.355 e.